The third kappa shape index (κ3) is 4.04. The van der Waals surface area contributed by atoms with Crippen molar-refractivity contribution in [2.75, 3.05) is 13.7 Å². The van der Waals surface area contributed by atoms with Crippen molar-refractivity contribution in [3.63, 3.8) is 0 Å². The van der Waals surface area contributed by atoms with Crippen molar-refractivity contribution in [2.45, 2.75) is 32.3 Å². The van der Waals surface area contributed by atoms with Crippen LogP contribution in [0.4, 0.5) is 0 Å². The minimum absolute atomic E-state index is 0.275. The second kappa shape index (κ2) is 6.40. The lowest BCUT2D eigenvalue weighted by Gasteiger charge is -2.20. The molecule has 0 aliphatic heterocycles. The molecule has 4 heteroatoms. The van der Waals surface area contributed by atoms with E-state index < -0.39 is 11.6 Å². The van der Waals surface area contributed by atoms with Crippen molar-refractivity contribution < 1.29 is 19.4 Å². The molecular weight excluding hydrogens is 232 g/mol. The zero-order valence-electron chi connectivity index (χ0n) is 11.1. The van der Waals surface area contributed by atoms with Gasteiger partial charge in [-0.15, -0.1) is 0 Å². The first-order chi connectivity index (χ1) is 8.49. The van der Waals surface area contributed by atoms with Crippen LogP contribution in [0, 0.1) is 0 Å². The van der Waals surface area contributed by atoms with E-state index >= 15 is 0 Å². The Balaban J connectivity index is 2.55. The number of hydrogen-bond acceptors (Lipinski definition) is 4. The summed E-state index contributed by atoms with van der Waals surface area (Å²) < 4.78 is 9.88. The van der Waals surface area contributed by atoms with Gasteiger partial charge in [0.1, 0.15) is 5.75 Å². The molecule has 1 N–H and O–H groups in total. The second-order valence-electron chi connectivity index (χ2n) is 4.34. The second-order valence-corrected chi connectivity index (χ2v) is 4.34. The summed E-state index contributed by atoms with van der Waals surface area (Å²) in [6, 6.07) is 7.54. The van der Waals surface area contributed by atoms with Gasteiger partial charge in [-0.1, -0.05) is 12.1 Å². The highest BCUT2D eigenvalue weighted by Crippen LogP contribution is 2.18. The van der Waals surface area contributed by atoms with Crippen molar-refractivity contribution in [2.24, 2.45) is 0 Å². The van der Waals surface area contributed by atoms with Crippen LogP contribution in [0.2, 0.25) is 0 Å². The summed E-state index contributed by atoms with van der Waals surface area (Å²) in [6.45, 7) is 3.48. The van der Waals surface area contributed by atoms with Crippen LogP contribution >= 0.6 is 0 Å². The molecule has 0 saturated heterocycles. The maximum absolute atomic E-state index is 11.5. The highest BCUT2D eigenvalue weighted by molar-refractivity contribution is 5.78. The standard InChI is InChI=1S/C14H20O4/c1-4-18-13(15)14(2,16)10-9-11-5-7-12(17-3)8-6-11/h5-8,16H,4,9-10H2,1-3H3. The van der Waals surface area contributed by atoms with Crippen molar-refractivity contribution in [3.05, 3.63) is 29.8 Å². The number of aliphatic hydroxyl groups is 1. The maximum atomic E-state index is 11.5. The first-order valence-electron chi connectivity index (χ1n) is 6.02. The number of ether oxygens (including phenoxy) is 2. The van der Waals surface area contributed by atoms with E-state index in [2.05, 4.69) is 0 Å². The Hall–Kier alpha value is -1.55. The minimum atomic E-state index is -1.43. The van der Waals surface area contributed by atoms with E-state index in [9.17, 15) is 9.90 Å². The van der Waals surface area contributed by atoms with Crippen LogP contribution < -0.4 is 4.74 Å². The van der Waals surface area contributed by atoms with Gasteiger partial charge in [-0.05, 0) is 44.4 Å². The molecule has 4 nitrogen and oxygen atoms in total. The molecule has 1 aromatic carbocycles. The van der Waals surface area contributed by atoms with Crippen LogP contribution in [-0.2, 0) is 16.0 Å². The van der Waals surface area contributed by atoms with Gasteiger partial charge in [-0.3, -0.25) is 0 Å². The first kappa shape index (κ1) is 14.5. The molecule has 1 rings (SSSR count). The Morgan fingerprint density at radius 2 is 1.94 bits per heavy atom. The van der Waals surface area contributed by atoms with Crippen LogP contribution in [0.1, 0.15) is 25.8 Å². The van der Waals surface area contributed by atoms with Crippen LogP contribution in [0.3, 0.4) is 0 Å². The molecule has 1 unspecified atom stereocenters. The van der Waals surface area contributed by atoms with Crippen molar-refractivity contribution >= 4 is 5.97 Å². The fraction of sp³-hybridized carbons (Fsp3) is 0.500. The Kier molecular flexibility index (Phi) is 5.16. The monoisotopic (exact) mass is 252 g/mol. The average molecular weight is 252 g/mol. The fourth-order valence-corrected chi connectivity index (χ4v) is 1.57. The Labute approximate surface area is 108 Å². The molecule has 0 bridgehead atoms. The van der Waals surface area contributed by atoms with Crippen LogP contribution in [0.5, 0.6) is 5.75 Å². The Bertz CT molecular complexity index is 381. The first-order valence-corrected chi connectivity index (χ1v) is 6.02. The molecule has 1 aromatic rings. The molecule has 0 heterocycles. The van der Waals surface area contributed by atoms with E-state index in [1.54, 1.807) is 14.0 Å². The number of rotatable bonds is 6. The summed E-state index contributed by atoms with van der Waals surface area (Å²) in [5.74, 6) is 0.217. The summed E-state index contributed by atoms with van der Waals surface area (Å²) in [5.41, 5.74) is -0.393. The van der Waals surface area contributed by atoms with E-state index in [1.807, 2.05) is 24.3 Å². The predicted octanol–water partition coefficient (Wildman–Crippen LogP) is 1.94. The van der Waals surface area contributed by atoms with Gasteiger partial charge in [0.05, 0.1) is 13.7 Å². The van der Waals surface area contributed by atoms with Gasteiger partial charge in [0.2, 0.25) is 0 Å². The molecule has 18 heavy (non-hydrogen) atoms. The molecular formula is C14H20O4. The lowest BCUT2D eigenvalue weighted by molar-refractivity contribution is -0.163. The number of esters is 1. The van der Waals surface area contributed by atoms with Gasteiger partial charge < -0.3 is 14.6 Å². The Morgan fingerprint density at radius 1 is 1.33 bits per heavy atom. The van der Waals surface area contributed by atoms with E-state index in [0.29, 0.717) is 12.8 Å². The van der Waals surface area contributed by atoms with Gasteiger partial charge in [-0.2, -0.15) is 0 Å². The summed E-state index contributed by atoms with van der Waals surface area (Å²) in [6.07, 6.45) is 0.938. The molecule has 1 atom stereocenters. The van der Waals surface area contributed by atoms with Crippen LogP contribution in [0.15, 0.2) is 24.3 Å². The number of benzene rings is 1. The number of carbonyl (C=O) groups is 1. The number of carbonyl (C=O) groups excluding carboxylic acids is 1. The zero-order chi connectivity index (χ0) is 13.6. The molecule has 0 spiro atoms. The summed E-state index contributed by atoms with van der Waals surface area (Å²) in [5, 5.41) is 9.98. The molecule has 0 amide bonds. The highest BCUT2D eigenvalue weighted by Gasteiger charge is 2.31. The molecule has 0 fully saturated rings. The molecule has 0 saturated carbocycles. The third-order valence-corrected chi connectivity index (χ3v) is 2.77. The van der Waals surface area contributed by atoms with Gasteiger partial charge in [0.15, 0.2) is 5.60 Å². The summed E-state index contributed by atoms with van der Waals surface area (Å²) in [7, 11) is 1.61. The third-order valence-electron chi connectivity index (χ3n) is 2.77. The molecule has 0 aliphatic rings. The Morgan fingerprint density at radius 3 is 2.44 bits per heavy atom. The largest absolute Gasteiger partial charge is 0.497 e. The normalized spacial score (nSPS) is 13.8. The van der Waals surface area contributed by atoms with Crippen LogP contribution in [-0.4, -0.2) is 30.4 Å². The van der Waals surface area contributed by atoms with Gasteiger partial charge in [0.25, 0.3) is 0 Å². The van der Waals surface area contributed by atoms with Crippen molar-refractivity contribution in [1.29, 1.82) is 0 Å². The lowest BCUT2D eigenvalue weighted by Crippen LogP contribution is -2.37. The van der Waals surface area contributed by atoms with Crippen molar-refractivity contribution in [1.82, 2.24) is 0 Å². The van der Waals surface area contributed by atoms with Crippen molar-refractivity contribution in [3.8, 4) is 5.75 Å². The average Bonchev–Trinajstić information content (AvgIpc) is 2.37. The smallest absolute Gasteiger partial charge is 0.337 e. The number of hydrogen-bond donors (Lipinski definition) is 1. The van der Waals surface area contributed by atoms with Gasteiger partial charge in [-0.25, -0.2) is 4.79 Å². The van der Waals surface area contributed by atoms with Crippen LogP contribution in [0.25, 0.3) is 0 Å². The van der Waals surface area contributed by atoms with Gasteiger partial charge >= 0.3 is 5.97 Å². The zero-order valence-corrected chi connectivity index (χ0v) is 11.1. The predicted molar refractivity (Wildman–Crippen MR) is 68.6 cm³/mol. The van der Waals surface area contributed by atoms with E-state index in [-0.39, 0.29) is 6.61 Å². The number of methoxy groups -OCH3 is 1. The summed E-state index contributed by atoms with van der Waals surface area (Å²) in [4.78, 5) is 11.5. The quantitative estimate of drug-likeness (QED) is 0.786. The van der Waals surface area contributed by atoms with E-state index in [0.717, 1.165) is 11.3 Å². The molecule has 0 radical (unpaired) electrons. The minimum Gasteiger partial charge on any atom is -0.497 e. The lowest BCUT2D eigenvalue weighted by atomic mass is 9.97. The van der Waals surface area contributed by atoms with Gasteiger partial charge in [0, 0.05) is 0 Å². The highest BCUT2D eigenvalue weighted by atomic mass is 16.5. The summed E-state index contributed by atoms with van der Waals surface area (Å²) >= 11 is 0. The molecule has 0 aliphatic carbocycles. The molecule has 100 valence electrons. The topological polar surface area (TPSA) is 55.8 Å². The SMILES string of the molecule is CCOC(=O)C(C)(O)CCc1ccc(OC)cc1. The van der Waals surface area contributed by atoms with E-state index in [4.69, 9.17) is 9.47 Å². The number of aryl methyl sites for hydroxylation is 1. The fourth-order valence-electron chi connectivity index (χ4n) is 1.57. The molecule has 0 aromatic heterocycles. The van der Waals surface area contributed by atoms with E-state index in [1.165, 1.54) is 6.92 Å². The maximum Gasteiger partial charge on any atom is 0.337 e.